The van der Waals surface area contributed by atoms with E-state index in [1.807, 2.05) is 35.1 Å². The van der Waals surface area contributed by atoms with Crippen molar-refractivity contribution < 1.29 is 4.79 Å². The molecule has 0 saturated carbocycles. The highest BCUT2D eigenvalue weighted by Gasteiger charge is 2.07. The molecule has 0 bridgehead atoms. The summed E-state index contributed by atoms with van der Waals surface area (Å²) < 4.78 is 1.97. The molecule has 0 aliphatic rings. The molecule has 0 unspecified atom stereocenters. The van der Waals surface area contributed by atoms with Gasteiger partial charge in [-0.05, 0) is 26.3 Å². The molecule has 1 aromatic carbocycles. The highest BCUT2D eigenvalue weighted by atomic mass is 16.1. The highest BCUT2D eigenvalue weighted by molar-refractivity contribution is 5.94. The van der Waals surface area contributed by atoms with Crippen LogP contribution in [0.2, 0.25) is 0 Å². The van der Waals surface area contributed by atoms with Gasteiger partial charge in [0.05, 0.1) is 6.20 Å². The summed E-state index contributed by atoms with van der Waals surface area (Å²) in [5.74, 6) is 0.0949. The summed E-state index contributed by atoms with van der Waals surface area (Å²) in [7, 11) is 0. The van der Waals surface area contributed by atoms with Crippen molar-refractivity contribution in [1.82, 2.24) is 9.78 Å². The summed E-state index contributed by atoms with van der Waals surface area (Å²) in [4.78, 5) is 11.2. The third-order valence-corrected chi connectivity index (χ3v) is 3.01. The predicted octanol–water partition coefficient (Wildman–Crippen LogP) is 3.08. The molecule has 88 valence electrons. The molecule has 0 aliphatic carbocycles. The van der Waals surface area contributed by atoms with Crippen molar-refractivity contribution in [2.75, 3.05) is 0 Å². The van der Waals surface area contributed by atoms with E-state index in [1.165, 1.54) is 0 Å². The van der Waals surface area contributed by atoms with Crippen LogP contribution in [0.5, 0.6) is 0 Å². The van der Waals surface area contributed by atoms with Gasteiger partial charge in [-0.3, -0.25) is 9.48 Å². The van der Waals surface area contributed by atoms with Crippen molar-refractivity contribution in [1.29, 1.82) is 0 Å². The second-order valence-electron chi connectivity index (χ2n) is 4.09. The van der Waals surface area contributed by atoms with Crippen LogP contribution in [0, 0.1) is 6.92 Å². The number of aromatic nitrogens is 2. The van der Waals surface area contributed by atoms with Gasteiger partial charge < -0.3 is 0 Å². The zero-order valence-electron chi connectivity index (χ0n) is 10.4. The van der Waals surface area contributed by atoms with Crippen LogP contribution >= 0.6 is 0 Å². The minimum atomic E-state index is 0.0949. The van der Waals surface area contributed by atoms with E-state index in [0.29, 0.717) is 0 Å². The minimum absolute atomic E-state index is 0.0949. The maximum Gasteiger partial charge on any atom is 0.159 e. The lowest BCUT2D eigenvalue weighted by molar-refractivity contribution is 0.101. The van der Waals surface area contributed by atoms with Crippen molar-refractivity contribution in [3.8, 4) is 11.1 Å². The van der Waals surface area contributed by atoms with Gasteiger partial charge in [0, 0.05) is 23.4 Å². The number of hydrogen-bond acceptors (Lipinski definition) is 2. The molecule has 0 saturated heterocycles. The molecular formula is C14H16N2O. The fraction of sp³-hybridized carbons (Fsp3) is 0.286. The molecule has 0 radical (unpaired) electrons. The summed E-state index contributed by atoms with van der Waals surface area (Å²) in [6.45, 7) is 6.58. The Morgan fingerprint density at radius 1 is 1.29 bits per heavy atom. The number of carbonyl (C=O) groups is 1. The van der Waals surface area contributed by atoms with Gasteiger partial charge in [0.25, 0.3) is 0 Å². The van der Waals surface area contributed by atoms with E-state index in [0.717, 1.165) is 28.9 Å². The van der Waals surface area contributed by atoms with Gasteiger partial charge in [-0.2, -0.15) is 5.10 Å². The zero-order valence-corrected chi connectivity index (χ0v) is 10.4. The number of nitrogens with zero attached hydrogens (tertiary/aromatic N) is 2. The molecule has 17 heavy (non-hydrogen) atoms. The van der Waals surface area contributed by atoms with Crippen molar-refractivity contribution in [2.45, 2.75) is 27.3 Å². The smallest absolute Gasteiger partial charge is 0.159 e. The van der Waals surface area contributed by atoms with E-state index in [2.05, 4.69) is 18.9 Å². The Hall–Kier alpha value is -1.90. The summed E-state index contributed by atoms with van der Waals surface area (Å²) >= 11 is 0. The molecule has 0 aliphatic heterocycles. The first-order valence-corrected chi connectivity index (χ1v) is 5.77. The topological polar surface area (TPSA) is 34.9 Å². The van der Waals surface area contributed by atoms with E-state index in [-0.39, 0.29) is 5.78 Å². The van der Waals surface area contributed by atoms with Crippen LogP contribution in [0.25, 0.3) is 11.1 Å². The van der Waals surface area contributed by atoms with Gasteiger partial charge in [0.2, 0.25) is 0 Å². The highest BCUT2D eigenvalue weighted by Crippen LogP contribution is 2.23. The van der Waals surface area contributed by atoms with Crippen LogP contribution in [-0.4, -0.2) is 15.6 Å². The van der Waals surface area contributed by atoms with Gasteiger partial charge in [0.15, 0.2) is 5.78 Å². The third kappa shape index (κ3) is 2.13. The van der Waals surface area contributed by atoms with Crippen molar-refractivity contribution >= 4 is 5.78 Å². The van der Waals surface area contributed by atoms with E-state index in [4.69, 9.17) is 0 Å². The number of ketones is 1. The first kappa shape index (κ1) is 11.6. The molecule has 0 spiro atoms. The lowest BCUT2D eigenvalue weighted by Gasteiger charge is -2.03. The van der Waals surface area contributed by atoms with Crippen molar-refractivity contribution in [3.63, 3.8) is 0 Å². The third-order valence-electron chi connectivity index (χ3n) is 3.01. The zero-order chi connectivity index (χ0) is 12.4. The Morgan fingerprint density at radius 3 is 2.41 bits per heavy atom. The standard InChI is InChI=1S/C14H16N2O/c1-4-16-10(2)14(9-15-16)13-7-5-12(6-8-13)11(3)17/h5-9H,4H2,1-3H3. The molecule has 3 heteroatoms. The summed E-state index contributed by atoms with van der Waals surface area (Å²) in [6, 6.07) is 7.67. The Kier molecular flexibility index (Phi) is 3.09. The average Bonchev–Trinajstić information content (AvgIpc) is 2.70. The number of Topliss-reactive ketones (excluding diaryl/α,β-unsaturated/α-hetero) is 1. The van der Waals surface area contributed by atoms with E-state index in [9.17, 15) is 4.79 Å². The number of benzene rings is 1. The number of rotatable bonds is 3. The number of hydrogen-bond donors (Lipinski definition) is 0. The first-order chi connectivity index (χ1) is 8.13. The van der Waals surface area contributed by atoms with Crippen LogP contribution in [0.15, 0.2) is 30.5 Å². The van der Waals surface area contributed by atoms with Crippen molar-refractivity contribution in [2.24, 2.45) is 0 Å². The second-order valence-corrected chi connectivity index (χ2v) is 4.09. The van der Waals surface area contributed by atoms with Crippen LogP contribution in [0.3, 0.4) is 0 Å². The fourth-order valence-electron chi connectivity index (χ4n) is 1.93. The van der Waals surface area contributed by atoms with E-state index >= 15 is 0 Å². The lowest BCUT2D eigenvalue weighted by atomic mass is 10.0. The second kappa shape index (κ2) is 4.53. The maximum absolute atomic E-state index is 11.2. The fourth-order valence-corrected chi connectivity index (χ4v) is 1.93. The Bertz CT molecular complexity index is 538. The van der Waals surface area contributed by atoms with Crippen LogP contribution in [-0.2, 0) is 6.54 Å². The molecule has 2 aromatic rings. The Morgan fingerprint density at radius 2 is 1.94 bits per heavy atom. The van der Waals surface area contributed by atoms with Crippen molar-refractivity contribution in [3.05, 3.63) is 41.7 Å². The SMILES string of the molecule is CCn1ncc(-c2ccc(C(C)=O)cc2)c1C. The number of carbonyl (C=O) groups excluding carboxylic acids is 1. The van der Waals surface area contributed by atoms with Gasteiger partial charge in [-0.1, -0.05) is 24.3 Å². The minimum Gasteiger partial charge on any atom is -0.295 e. The van der Waals surface area contributed by atoms with Gasteiger partial charge in [-0.25, -0.2) is 0 Å². The average molecular weight is 228 g/mol. The van der Waals surface area contributed by atoms with Crippen LogP contribution in [0.1, 0.15) is 29.9 Å². The Labute approximate surface area is 101 Å². The van der Waals surface area contributed by atoms with E-state index in [1.54, 1.807) is 6.92 Å². The maximum atomic E-state index is 11.2. The van der Waals surface area contributed by atoms with Gasteiger partial charge in [0.1, 0.15) is 0 Å². The molecule has 0 fully saturated rings. The Balaban J connectivity index is 2.39. The molecular weight excluding hydrogens is 212 g/mol. The van der Waals surface area contributed by atoms with Crippen LogP contribution < -0.4 is 0 Å². The first-order valence-electron chi connectivity index (χ1n) is 5.77. The molecule has 0 amide bonds. The quantitative estimate of drug-likeness (QED) is 0.757. The van der Waals surface area contributed by atoms with Gasteiger partial charge in [-0.15, -0.1) is 0 Å². The monoisotopic (exact) mass is 228 g/mol. The molecule has 1 heterocycles. The molecule has 0 N–H and O–H groups in total. The van der Waals surface area contributed by atoms with Crippen LogP contribution in [0.4, 0.5) is 0 Å². The van der Waals surface area contributed by atoms with Gasteiger partial charge >= 0.3 is 0 Å². The summed E-state index contributed by atoms with van der Waals surface area (Å²) in [5, 5.41) is 4.32. The molecule has 3 nitrogen and oxygen atoms in total. The normalized spacial score (nSPS) is 10.5. The molecule has 1 aromatic heterocycles. The summed E-state index contributed by atoms with van der Waals surface area (Å²) in [5.41, 5.74) is 4.13. The predicted molar refractivity (Wildman–Crippen MR) is 68.1 cm³/mol. The number of aryl methyl sites for hydroxylation is 1. The van der Waals surface area contributed by atoms with E-state index < -0.39 is 0 Å². The summed E-state index contributed by atoms with van der Waals surface area (Å²) in [6.07, 6.45) is 1.88. The largest absolute Gasteiger partial charge is 0.295 e. The molecule has 0 atom stereocenters. The lowest BCUT2D eigenvalue weighted by Crippen LogP contribution is -1.98. The molecule has 2 rings (SSSR count).